The fourth-order valence-electron chi connectivity index (χ4n) is 1.99. The summed E-state index contributed by atoms with van der Waals surface area (Å²) in [6.07, 6.45) is 13.1. The summed E-state index contributed by atoms with van der Waals surface area (Å²) in [6, 6.07) is 0. The highest BCUT2D eigenvalue weighted by Crippen LogP contribution is 2.10. The van der Waals surface area contributed by atoms with Gasteiger partial charge in [-0.25, -0.2) is 0 Å². The van der Waals surface area contributed by atoms with Crippen molar-refractivity contribution in [2.45, 2.75) is 77.2 Å². The molecule has 3 heteroatoms. The lowest BCUT2D eigenvalue weighted by molar-refractivity contribution is 0.0252. The van der Waals surface area contributed by atoms with Gasteiger partial charge in [0.2, 0.25) is 0 Å². The summed E-state index contributed by atoms with van der Waals surface area (Å²) < 4.78 is 5.43. The molecular formula is C15H31ClO2. The van der Waals surface area contributed by atoms with E-state index in [1.54, 1.807) is 0 Å². The molecule has 110 valence electrons. The molecule has 1 unspecified atom stereocenters. The third-order valence-corrected chi connectivity index (χ3v) is 3.57. The van der Waals surface area contributed by atoms with E-state index in [0.29, 0.717) is 5.88 Å². The number of hydrogen-bond acceptors (Lipinski definition) is 2. The Hall–Kier alpha value is 0.210. The van der Waals surface area contributed by atoms with Crippen LogP contribution in [-0.4, -0.2) is 30.3 Å². The molecule has 0 bridgehead atoms. The van der Waals surface area contributed by atoms with E-state index in [1.165, 1.54) is 57.8 Å². The monoisotopic (exact) mass is 278 g/mol. The molecule has 0 saturated carbocycles. The maximum atomic E-state index is 8.88. The molecule has 18 heavy (non-hydrogen) atoms. The van der Waals surface area contributed by atoms with E-state index in [1.807, 2.05) is 0 Å². The number of aliphatic hydroxyl groups is 1. The van der Waals surface area contributed by atoms with Gasteiger partial charge < -0.3 is 9.84 Å². The Labute approximate surface area is 118 Å². The van der Waals surface area contributed by atoms with Crippen LogP contribution < -0.4 is 0 Å². The highest BCUT2D eigenvalue weighted by Gasteiger charge is 2.04. The van der Waals surface area contributed by atoms with E-state index in [2.05, 4.69) is 6.92 Å². The molecule has 0 fully saturated rings. The second-order valence-electron chi connectivity index (χ2n) is 5.01. The minimum absolute atomic E-state index is 0.0290. The molecule has 0 aromatic rings. The molecule has 0 spiro atoms. The SMILES string of the molecule is CCCCCCCCCCCCOC(CO)CCl. The first kappa shape index (κ1) is 18.2. The van der Waals surface area contributed by atoms with E-state index in [4.69, 9.17) is 21.4 Å². The molecule has 0 heterocycles. The minimum Gasteiger partial charge on any atom is -0.394 e. The van der Waals surface area contributed by atoms with E-state index in [0.717, 1.165) is 13.0 Å². The van der Waals surface area contributed by atoms with Gasteiger partial charge in [0.15, 0.2) is 0 Å². The van der Waals surface area contributed by atoms with Crippen molar-refractivity contribution < 1.29 is 9.84 Å². The largest absolute Gasteiger partial charge is 0.394 e. The Morgan fingerprint density at radius 2 is 1.39 bits per heavy atom. The summed E-state index contributed by atoms with van der Waals surface area (Å²) in [7, 11) is 0. The predicted octanol–water partition coefficient (Wildman–Crippen LogP) is 4.52. The quantitative estimate of drug-likeness (QED) is 0.374. The van der Waals surface area contributed by atoms with Crippen molar-refractivity contribution in [3.05, 3.63) is 0 Å². The summed E-state index contributed by atoms with van der Waals surface area (Å²) in [5, 5.41) is 8.88. The number of aliphatic hydroxyl groups excluding tert-OH is 1. The number of alkyl halides is 1. The van der Waals surface area contributed by atoms with Crippen molar-refractivity contribution in [3.8, 4) is 0 Å². The van der Waals surface area contributed by atoms with E-state index >= 15 is 0 Å². The lowest BCUT2D eigenvalue weighted by Crippen LogP contribution is -2.19. The number of ether oxygens (including phenoxy) is 1. The Balaban J connectivity index is 3.03. The number of hydrogen-bond donors (Lipinski definition) is 1. The number of unbranched alkanes of at least 4 members (excludes halogenated alkanes) is 9. The summed E-state index contributed by atoms with van der Waals surface area (Å²) in [5.41, 5.74) is 0. The Morgan fingerprint density at radius 1 is 0.889 bits per heavy atom. The van der Waals surface area contributed by atoms with Gasteiger partial charge in [-0.3, -0.25) is 0 Å². The number of halogens is 1. The van der Waals surface area contributed by atoms with Gasteiger partial charge in [-0.05, 0) is 6.42 Å². The number of rotatable bonds is 14. The fourth-order valence-corrected chi connectivity index (χ4v) is 2.17. The summed E-state index contributed by atoms with van der Waals surface area (Å²) in [4.78, 5) is 0. The zero-order valence-electron chi connectivity index (χ0n) is 12.0. The molecule has 0 aromatic carbocycles. The Kier molecular flexibility index (Phi) is 15.4. The molecule has 0 aliphatic heterocycles. The second kappa shape index (κ2) is 15.3. The third kappa shape index (κ3) is 12.7. The minimum atomic E-state index is -0.176. The van der Waals surface area contributed by atoms with Crippen LogP contribution in [0.2, 0.25) is 0 Å². The van der Waals surface area contributed by atoms with Crippen LogP contribution in [0, 0.1) is 0 Å². The molecule has 1 N–H and O–H groups in total. The van der Waals surface area contributed by atoms with Crippen LogP contribution in [0.3, 0.4) is 0 Å². The first-order valence-electron chi connectivity index (χ1n) is 7.63. The predicted molar refractivity (Wildman–Crippen MR) is 79.4 cm³/mol. The summed E-state index contributed by atoms with van der Waals surface area (Å²) in [5.74, 6) is 0.383. The van der Waals surface area contributed by atoms with Crippen LogP contribution in [-0.2, 0) is 4.74 Å². The zero-order chi connectivity index (χ0) is 13.5. The van der Waals surface area contributed by atoms with Crippen molar-refractivity contribution in [2.75, 3.05) is 19.1 Å². The molecular weight excluding hydrogens is 248 g/mol. The van der Waals surface area contributed by atoms with Gasteiger partial charge in [0.25, 0.3) is 0 Å². The van der Waals surface area contributed by atoms with Crippen molar-refractivity contribution in [1.29, 1.82) is 0 Å². The topological polar surface area (TPSA) is 29.5 Å². The van der Waals surface area contributed by atoms with Crippen LogP contribution in [0.1, 0.15) is 71.1 Å². The maximum Gasteiger partial charge on any atom is 0.0940 e. The Morgan fingerprint density at radius 3 is 1.83 bits per heavy atom. The zero-order valence-corrected chi connectivity index (χ0v) is 12.8. The Bertz CT molecular complexity index is 149. The van der Waals surface area contributed by atoms with E-state index < -0.39 is 0 Å². The van der Waals surface area contributed by atoms with Crippen LogP contribution in [0.15, 0.2) is 0 Å². The average molecular weight is 279 g/mol. The van der Waals surface area contributed by atoms with Gasteiger partial charge >= 0.3 is 0 Å². The molecule has 2 nitrogen and oxygen atoms in total. The highest BCUT2D eigenvalue weighted by atomic mass is 35.5. The molecule has 1 atom stereocenters. The lowest BCUT2D eigenvalue weighted by Gasteiger charge is -2.11. The maximum absolute atomic E-state index is 8.88. The van der Waals surface area contributed by atoms with Gasteiger partial charge in [0.05, 0.1) is 18.6 Å². The van der Waals surface area contributed by atoms with Crippen LogP contribution in [0.5, 0.6) is 0 Å². The van der Waals surface area contributed by atoms with Gasteiger partial charge in [0, 0.05) is 6.61 Å². The molecule has 0 rings (SSSR count). The average Bonchev–Trinajstić information content (AvgIpc) is 2.40. The standard InChI is InChI=1S/C15H31ClO2/c1-2-3-4-5-6-7-8-9-10-11-12-18-15(13-16)14-17/h15,17H,2-14H2,1H3. The van der Waals surface area contributed by atoms with Crippen LogP contribution >= 0.6 is 11.6 Å². The smallest absolute Gasteiger partial charge is 0.0940 e. The van der Waals surface area contributed by atoms with Crippen molar-refractivity contribution in [1.82, 2.24) is 0 Å². The molecule has 0 aromatic heterocycles. The lowest BCUT2D eigenvalue weighted by atomic mass is 10.1. The van der Waals surface area contributed by atoms with Crippen LogP contribution in [0.25, 0.3) is 0 Å². The highest BCUT2D eigenvalue weighted by molar-refractivity contribution is 6.18. The summed E-state index contributed by atoms with van der Waals surface area (Å²) in [6.45, 7) is 3.02. The molecule has 0 amide bonds. The van der Waals surface area contributed by atoms with E-state index in [-0.39, 0.29) is 12.7 Å². The molecule has 0 aliphatic carbocycles. The fraction of sp³-hybridized carbons (Fsp3) is 1.00. The first-order valence-corrected chi connectivity index (χ1v) is 8.17. The van der Waals surface area contributed by atoms with Gasteiger partial charge in [0.1, 0.15) is 0 Å². The van der Waals surface area contributed by atoms with Crippen molar-refractivity contribution in [3.63, 3.8) is 0 Å². The van der Waals surface area contributed by atoms with Crippen molar-refractivity contribution in [2.24, 2.45) is 0 Å². The second-order valence-corrected chi connectivity index (χ2v) is 5.32. The van der Waals surface area contributed by atoms with E-state index in [9.17, 15) is 0 Å². The third-order valence-electron chi connectivity index (χ3n) is 3.23. The first-order chi connectivity index (χ1) is 8.85. The normalized spacial score (nSPS) is 12.8. The van der Waals surface area contributed by atoms with Gasteiger partial charge in [-0.1, -0.05) is 64.7 Å². The van der Waals surface area contributed by atoms with Gasteiger partial charge in [-0.2, -0.15) is 0 Å². The molecule has 0 radical (unpaired) electrons. The molecule has 0 aliphatic rings. The van der Waals surface area contributed by atoms with Crippen LogP contribution in [0.4, 0.5) is 0 Å². The summed E-state index contributed by atoms with van der Waals surface area (Å²) >= 11 is 5.62. The van der Waals surface area contributed by atoms with Gasteiger partial charge in [-0.15, -0.1) is 11.6 Å². The molecule has 0 saturated heterocycles. The van der Waals surface area contributed by atoms with Crippen molar-refractivity contribution >= 4 is 11.6 Å².